The van der Waals surface area contributed by atoms with E-state index in [4.69, 9.17) is 0 Å². The molecule has 0 fully saturated rings. The summed E-state index contributed by atoms with van der Waals surface area (Å²) in [7, 11) is 3.84. The van der Waals surface area contributed by atoms with Gasteiger partial charge in [0.05, 0.1) is 7.05 Å². The van der Waals surface area contributed by atoms with Gasteiger partial charge in [0.2, 0.25) is 6.33 Å². The van der Waals surface area contributed by atoms with Crippen molar-refractivity contribution in [2.45, 2.75) is 134 Å². The van der Waals surface area contributed by atoms with E-state index < -0.39 is 0 Å². The molecule has 0 aliphatic rings. The zero-order chi connectivity index (χ0) is 30.5. The molecule has 0 amide bonds. The Morgan fingerprint density at radius 3 is 1.09 bits per heavy atom. The van der Waals surface area contributed by atoms with Crippen molar-refractivity contribution in [3.63, 3.8) is 0 Å². The Balaban J connectivity index is -0.0000000251. The number of pyridine rings is 1. The third-order valence-electron chi connectivity index (χ3n) is 4.68. The van der Waals surface area contributed by atoms with Crippen molar-refractivity contribution in [2.75, 3.05) is 13.6 Å². The van der Waals surface area contributed by atoms with Crippen LogP contribution >= 0.6 is 0 Å². The van der Waals surface area contributed by atoms with Crippen LogP contribution in [0.1, 0.15) is 134 Å². The number of hydrogen-bond donors (Lipinski definition) is 1. The minimum atomic E-state index is 0. The van der Waals surface area contributed by atoms with Crippen LogP contribution in [0.15, 0.2) is 49.3 Å². The Kier molecular flexibility index (Phi) is 174. The molecule has 252 valence electrons. The SMILES string of the molecule is CC.CC.CCCCC(C)C.CCCCC(C)C.C[N-]CCCC(C)C.C[n+]1cc[nH]c1.[Y].[Y].[Y].[Y].[Y].[Y].[Y].[Y].c1ccncc1. The van der Waals surface area contributed by atoms with Gasteiger partial charge in [0, 0.05) is 274 Å². The van der Waals surface area contributed by atoms with Crippen molar-refractivity contribution in [2.24, 2.45) is 24.8 Å². The standard InChI is InChI=1S/C7H16N.2C7H16.C5H5N.C4H6N2.2C2H6.8Y/c1-7(2)5-4-6-8-3;2*1-4-5-6-7(2)3;1-2-4-6-5-3-1;1-6-3-2-5-4-6;2*1-2;;;;;;;;/h7H,4-6H2,1-3H3;2*7H,4-6H2,1-3H3;1-5H;2-4H,1H3;2*1-2H3;;;;;;;;/q-1;;;;;;;;;;;;;;/p+1. The molecule has 0 aromatic carbocycles. The van der Waals surface area contributed by atoms with E-state index in [2.05, 4.69) is 70.7 Å². The first-order valence-electron chi connectivity index (χ1n) is 15.6. The number of aromatic nitrogens is 3. The average molecular weight is 1250 g/mol. The molecule has 4 nitrogen and oxygen atoms in total. The third kappa shape index (κ3) is 117. The quantitative estimate of drug-likeness (QED) is 0.187. The van der Waals surface area contributed by atoms with Crippen LogP contribution in [0.4, 0.5) is 0 Å². The third-order valence-corrected chi connectivity index (χ3v) is 4.68. The second-order valence-corrected chi connectivity index (χ2v) is 9.95. The predicted octanol–water partition coefficient (Wildman–Crippen LogP) is 11.0. The fourth-order valence-corrected chi connectivity index (χ4v) is 2.56. The van der Waals surface area contributed by atoms with E-state index in [1.165, 1.54) is 51.4 Å². The van der Waals surface area contributed by atoms with E-state index in [0.717, 1.165) is 24.3 Å². The van der Waals surface area contributed by atoms with Crippen LogP contribution in [0.25, 0.3) is 5.32 Å². The molecule has 0 bridgehead atoms. The summed E-state index contributed by atoms with van der Waals surface area (Å²) in [5, 5.41) is 4.01. The average Bonchev–Trinajstić information content (AvgIpc) is 3.42. The molecule has 0 aliphatic heterocycles. The van der Waals surface area contributed by atoms with Gasteiger partial charge in [-0.05, 0) is 29.9 Å². The van der Waals surface area contributed by atoms with Crippen LogP contribution in [0.3, 0.4) is 0 Å². The van der Waals surface area contributed by atoms with Crippen LogP contribution in [0.2, 0.25) is 0 Å². The summed E-state index contributed by atoms with van der Waals surface area (Å²) < 4.78 is 1.94. The van der Waals surface area contributed by atoms with Gasteiger partial charge in [0.15, 0.2) is 0 Å². The Bertz CT molecular complexity index is 529. The topological polar surface area (TPSA) is 46.7 Å². The molecule has 46 heavy (non-hydrogen) atoms. The number of hydrogen-bond acceptors (Lipinski definition) is 1. The molecule has 1 N–H and O–H groups in total. The van der Waals surface area contributed by atoms with E-state index in [1.807, 2.05) is 83.3 Å². The maximum absolute atomic E-state index is 4.01. The molecule has 8 radical (unpaired) electrons. The summed E-state index contributed by atoms with van der Waals surface area (Å²) in [5.41, 5.74) is 0. The first kappa shape index (κ1) is 89.7. The van der Waals surface area contributed by atoms with Gasteiger partial charge < -0.3 is 5.32 Å². The Morgan fingerprint density at radius 2 is 0.957 bits per heavy atom. The summed E-state index contributed by atoms with van der Waals surface area (Å²) in [5.74, 6) is 2.65. The maximum Gasteiger partial charge on any atom is 0.241 e. The van der Waals surface area contributed by atoms with E-state index in [-0.39, 0.29) is 262 Å². The molecule has 0 aliphatic carbocycles. The first-order valence-corrected chi connectivity index (χ1v) is 15.6. The van der Waals surface area contributed by atoms with E-state index >= 15 is 0 Å². The minimum Gasteiger partial charge on any atom is -0.665 e. The Labute approximate surface area is 492 Å². The zero-order valence-corrected chi connectivity index (χ0v) is 55.9. The monoisotopic (exact) mass is 1250 g/mol. The molecular weight excluding hydrogens is 1180 g/mol. The zero-order valence-electron chi connectivity index (χ0n) is 33.2. The smallest absolute Gasteiger partial charge is 0.241 e. The van der Waals surface area contributed by atoms with Gasteiger partial charge in [-0.3, -0.25) is 9.97 Å². The molecule has 0 saturated carbocycles. The second kappa shape index (κ2) is 89.0. The van der Waals surface area contributed by atoms with Gasteiger partial charge in [-0.1, -0.05) is 141 Å². The normalized spacial score (nSPS) is 7.41. The van der Waals surface area contributed by atoms with E-state index in [1.54, 1.807) is 12.4 Å². The summed E-state index contributed by atoms with van der Waals surface area (Å²) in [6, 6.07) is 5.72. The van der Waals surface area contributed by atoms with Crippen LogP contribution in [0, 0.1) is 17.8 Å². The minimum absolute atomic E-state index is 0. The number of unbranched alkanes of at least 4 members (excludes halogenated alkanes) is 2. The fraction of sp³-hybridized carbons (Fsp3) is 0.765. The molecule has 0 unspecified atom stereocenters. The van der Waals surface area contributed by atoms with Crippen molar-refractivity contribution in [1.29, 1.82) is 0 Å². The summed E-state index contributed by atoms with van der Waals surface area (Å²) in [4.78, 5) is 6.68. The molecule has 12 heteroatoms. The van der Waals surface area contributed by atoms with Crippen molar-refractivity contribution in [1.82, 2.24) is 9.97 Å². The number of aryl methyl sites for hydroxylation is 1. The fourth-order valence-electron chi connectivity index (χ4n) is 2.56. The number of aromatic amines is 1. The predicted molar refractivity (Wildman–Crippen MR) is 176 cm³/mol. The van der Waals surface area contributed by atoms with Crippen molar-refractivity contribution in [3.05, 3.63) is 54.6 Å². The Morgan fingerprint density at radius 1 is 0.609 bits per heavy atom. The second-order valence-electron chi connectivity index (χ2n) is 9.95. The summed E-state index contributed by atoms with van der Waals surface area (Å²) in [6.45, 7) is 27.1. The molecule has 2 aromatic rings. The summed E-state index contributed by atoms with van der Waals surface area (Å²) >= 11 is 0. The van der Waals surface area contributed by atoms with Gasteiger partial charge in [0.1, 0.15) is 12.4 Å². The van der Waals surface area contributed by atoms with Crippen molar-refractivity contribution in [3.8, 4) is 0 Å². The molecule has 0 spiro atoms. The largest absolute Gasteiger partial charge is 0.665 e. The van der Waals surface area contributed by atoms with Gasteiger partial charge in [-0.15, -0.1) is 6.54 Å². The van der Waals surface area contributed by atoms with Crippen LogP contribution < -0.4 is 4.57 Å². The molecule has 2 aromatic heterocycles. The number of nitrogens with one attached hydrogen (secondary N) is 1. The number of imidazole rings is 1. The molecule has 2 rings (SSSR count). The number of nitrogens with zero attached hydrogens (tertiary/aromatic N) is 3. The van der Waals surface area contributed by atoms with Crippen LogP contribution in [0.5, 0.6) is 0 Å². The molecule has 0 atom stereocenters. The maximum atomic E-state index is 4.01. The van der Waals surface area contributed by atoms with Crippen LogP contribution in [-0.2, 0) is 269 Å². The Hall–Kier alpha value is 7.15. The van der Waals surface area contributed by atoms with Crippen LogP contribution in [-0.4, -0.2) is 23.6 Å². The van der Waals surface area contributed by atoms with E-state index in [0.29, 0.717) is 0 Å². The number of rotatable bonds is 10. The summed E-state index contributed by atoms with van der Waals surface area (Å²) in [6.07, 6.45) is 20.1. The van der Waals surface area contributed by atoms with Gasteiger partial charge >= 0.3 is 0 Å². The van der Waals surface area contributed by atoms with Gasteiger partial charge in [-0.25, -0.2) is 4.57 Å². The van der Waals surface area contributed by atoms with Gasteiger partial charge in [0.25, 0.3) is 0 Å². The molecular formula is C34H72N4Y8. The van der Waals surface area contributed by atoms with E-state index in [9.17, 15) is 0 Å². The molecule has 0 saturated heterocycles. The molecule has 2 heterocycles. The van der Waals surface area contributed by atoms with Crippen molar-refractivity contribution >= 4 is 0 Å². The van der Waals surface area contributed by atoms with Crippen molar-refractivity contribution < 1.29 is 266 Å². The number of H-pyrrole nitrogens is 1. The first-order chi connectivity index (χ1) is 18.2. The van der Waals surface area contributed by atoms with Gasteiger partial charge in [-0.2, -0.15) is 7.05 Å².